The predicted octanol–water partition coefficient (Wildman–Crippen LogP) is 1.71. The molecule has 54 valence electrons. The molecule has 11 heavy (non-hydrogen) atoms. The second-order valence-corrected chi connectivity index (χ2v) is 4.32. The molecule has 0 unspecified atom stereocenters. The van der Waals surface area contributed by atoms with E-state index in [1.165, 1.54) is 9.65 Å². The molecule has 2 heteroatoms. The van der Waals surface area contributed by atoms with Gasteiger partial charge in [0.05, 0.1) is 0 Å². The molecule has 0 spiro atoms. The summed E-state index contributed by atoms with van der Waals surface area (Å²) in [5.41, 5.74) is 0.786. The molecule has 0 saturated carbocycles. The van der Waals surface area contributed by atoms with Gasteiger partial charge in [0.1, 0.15) is 0 Å². The number of carbonyl (C=O) groups excluding carboxylic acids is 1. The van der Waals surface area contributed by atoms with Crippen molar-refractivity contribution < 1.29 is 4.79 Å². The molecule has 1 nitrogen and oxygen atoms in total. The summed E-state index contributed by atoms with van der Waals surface area (Å²) in [6.45, 7) is 0. The van der Waals surface area contributed by atoms with Crippen molar-refractivity contribution in [3.63, 3.8) is 0 Å². The Labute approximate surface area is 70.4 Å². The molecule has 0 amide bonds. The maximum atomic E-state index is 10.4. The van der Waals surface area contributed by atoms with E-state index in [4.69, 9.17) is 0 Å². The van der Waals surface area contributed by atoms with E-state index in [1.54, 1.807) is 0 Å². The molecule has 2 rings (SSSR count). The molecule has 0 N–H and O–H groups in total. The van der Waals surface area contributed by atoms with Crippen LogP contribution < -0.4 is 0 Å². The van der Waals surface area contributed by atoms with Gasteiger partial charge in [0.2, 0.25) is 0 Å². The minimum atomic E-state index is 0.453. The van der Waals surface area contributed by atoms with E-state index < -0.39 is 0 Å². The molecule has 0 radical (unpaired) electrons. The first-order chi connectivity index (χ1) is 5.40. The van der Waals surface area contributed by atoms with Crippen LogP contribution in [0.25, 0.3) is 9.65 Å². The zero-order valence-electron chi connectivity index (χ0n) is 5.78. The van der Waals surface area contributed by atoms with Crippen LogP contribution in [-0.2, 0) is 0 Å². The number of fused-ring (bicyclic) bond motifs is 1. The molecule has 0 fully saturated rings. The van der Waals surface area contributed by atoms with E-state index in [9.17, 15) is 4.79 Å². The van der Waals surface area contributed by atoms with Crippen LogP contribution in [0.15, 0.2) is 29.2 Å². The van der Waals surface area contributed by atoms with E-state index in [1.807, 2.05) is 18.2 Å². The Morgan fingerprint density at radius 2 is 2.18 bits per heavy atom. The van der Waals surface area contributed by atoms with Crippen LogP contribution in [0.4, 0.5) is 0 Å². The van der Waals surface area contributed by atoms with Crippen molar-refractivity contribution in [1.29, 1.82) is 0 Å². The third kappa shape index (κ3) is 1.15. The third-order valence-corrected chi connectivity index (χ3v) is 3.46. The molecule has 0 aliphatic rings. The fourth-order valence-corrected chi connectivity index (χ4v) is 2.80. The maximum absolute atomic E-state index is 10.4. The van der Waals surface area contributed by atoms with Crippen LogP contribution in [0.1, 0.15) is 10.4 Å². The quantitative estimate of drug-likeness (QED) is 0.516. The standard InChI is InChI=1S/C9H6OSe/c10-6-7-1-2-8-3-4-11-9(8)5-7/h1-6H. The summed E-state index contributed by atoms with van der Waals surface area (Å²) in [6.07, 6.45) is 0.898. The molecule has 1 heterocycles. The average Bonchev–Trinajstić information content (AvgIpc) is 2.50. The number of aldehydes is 1. The van der Waals surface area contributed by atoms with Gasteiger partial charge in [-0.15, -0.1) is 0 Å². The molecule has 0 aliphatic heterocycles. The SMILES string of the molecule is O=Cc1ccc2cc[se]c2c1. The van der Waals surface area contributed by atoms with Crippen LogP contribution in [-0.4, -0.2) is 20.8 Å². The number of benzene rings is 1. The fourth-order valence-electron chi connectivity index (χ4n) is 1.04. The summed E-state index contributed by atoms with van der Waals surface area (Å²) in [5, 5.41) is 1.27. The van der Waals surface area contributed by atoms with Crippen LogP contribution in [0.5, 0.6) is 0 Å². The van der Waals surface area contributed by atoms with Crippen molar-refractivity contribution in [2.24, 2.45) is 0 Å². The molecule has 0 saturated heterocycles. The first kappa shape index (κ1) is 6.83. The summed E-state index contributed by atoms with van der Waals surface area (Å²) < 4.78 is 1.32. The van der Waals surface area contributed by atoms with Gasteiger partial charge in [-0.25, -0.2) is 0 Å². The average molecular weight is 209 g/mol. The molecule has 0 bridgehead atoms. The number of hydrogen-bond acceptors (Lipinski definition) is 1. The fraction of sp³-hybridized carbons (Fsp3) is 0. The van der Waals surface area contributed by atoms with Crippen molar-refractivity contribution in [2.45, 2.75) is 0 Å². The molecule has 2 aromatic rings. The van der Waals surface area contributed by atoms with E-state index in [-0.39, 0.29) is 0 Å². The Hall–Kier alpha value is -0.851. The number of hydrogen-bond donors (Lipinski definition) is 0. The molecule has 0 atom stereocenters. The molecule has 1 aromatic heterocycles. The Kier molecular flexibility index (Phi) is 1.65. The van der Waals surface area contributed by atoms with Gasteiger partial charge in [0, 0.05) is 0 Å². The topological polar surface area (TPSA) is 17.1 Å². The Morgan fingerprint density at radius 3 is 3.00 bits per heavy atom. The number of rotatable bonds is 1. The first-order valence-corrected chi connectivity index (χ1v) is 5.17. The van der Waals surface area contributed by atoms with Gasteiger partial charge in [-0.2, -0.15) is 0 Å². The van der Waals surface area contributed by atoms with Gasteiger partial charge < -0.3 is 0 Å². The van der Waals surface area contributed by atoms with Crippen molar-refractivity contribution in [2.75, 3.05) is 0 Å². The second kappa shape index (κ2) is 2.65. The zero-order chi connectivity index (χ0) is 7.68. The Balaban J connectivity index is 2.76. The minimum absolute atomic E-state index is 0.453. The van der Waals surface area contributed by atoms with Crippen molar-refractivity contribution in [3.8, 4) is 0 Å². The second-order valence-electron chi connectivity index (χ2n) is 2.34. The Bertz CT molecular complexity index is 389. The van der Waals surface area contributed by atoms with Crippen molar-refractivity contribution in [3.05, 3.63) is 34.8 Å². The predicted molar refractivity (Wildman–Crippen MR) is 46.3 cm³/mol. The monoisotopic (exact) mass is 210 g/mol. The van der Waals surface area contributed by atoms with E-state index in [0.29, 0.717) is 14.5 Å². The van der Waals surface area contributed by atoms with E-state index >= 15 is 0 Å². The van der Waals surface area contributed by atoms with Gasteiger partial charge in [0.15, 0.2) is 0 Å². The van der Waals surface area contributed by atoms with E-state index in [2.05, 4.69) is 11.0 Å². The summed E-state index contributed by atoms with van der Waals surface area (Å²) in [5.74, 6) is 0. The zero-order valence-corrected chi connectivity index (χ0v) is 7.49. The van der Waals surface area contributed by atoms with Crippen LogP contribution >= 0.6 is 0 Å². The summed E-state index contributed by atoms with van der Waals surface area (Å²) in [4.78, 5) is 12.6. The molecular weight excluding hydrogens is 203 g/mol. The van der Waals surface area contributed by atoms with Gasteiger partial charge >= 0.3 is 70.0 Å². The first-order valence-electron chi connectivity index (χ1n) is 3.32. The van der Waals surface area contributed by atoms with Gasteiger partial charge in [-0.1, -0.05) is 0 Å². The molecular formula is C9H6OSe. The Morgan fingerprint density at radius 1 is 1.27 bits per heavy atom. The molecule has 0 aliphatic carbocycles. The third-order valence-electron chi connectivity index (χ3n) is 1.62. The summed E-state index contributed by atoms with van der Waals surface area (Å²) in [6, 6.07) is 7.95. The summed E-state index contributed by atoms with van der Waals surface area (Å²) >= 11 is 0.453. The van der Waals surface area contributed by atoms with Crippen LogP contribution in [0.2, 0.25) is 0 Å². The van der Waals surface area contributed by atoms with Crippen molar-refractivity contribution in [1.82, 2.24) is 0 Å². The normalized spacial score (nSPS) is 10.2. The van der Waals surface area contributed by atoms with Gasteiger partial charge in [-0.3, -0.25) is 0 Å². The number of carbonyl (C=O) groups is 1. The van der Waals surface area contributed by atoms with Gasteiger partial charge in [0.25, 0.3) is 0 Å². The molecule has 1 aromatic carbocycles. The van der Waals surface area contributed by atoms with Crippen molar-refractivity contribution >= 4 is 30.4 Å². The van der Waals surface area contributed by atoms with Crippen LogP contribution in [0.3, 0.4) is 0 Å². The van der Waals surface area contributed by atoms with Gasteiger partial charge in [-0.05, 0) is 0 Å². The summed E-state index contributed by atoms with van der Waals surface area (Å²) in [7, 11) is 0. The van der Waals surface area contributed by atoms with E-state index in [0.717, 1.165) is 11.8 Å². The van der Waals surface area contributed by atoms with Crippen LogP contribution in [0, 0.1) is 0 Å².